The van der Waals surface area contributed by atoms with Gasteiger partial charge in [0.2, 0.25) is 0 Å². The van der Waals surface area contributed by atoms with Gasteiger partial charge in [0.25, 0.3) is 15.9 Å². The van der Waals surface area contributed by atoms with Crippen LogP contribution in [-0.2, 0) is 10.0 Å². The first-order chi connectivity index (χ1) is 13.7. The molecule has 0 aliphatic heterocycles. The maximum Gasteiger partial charge on any atom is 0.264 e. The Morgan fingerprint density at radius 3 is 2.21 bits per heavy atom. The van der Waals surface area contributed by atoms with E-state index in [2.05, 4.69) is 5.32 Å². The summed E-state index contributed by atoms with van der Waals surface area (Å²) >= 11 is 0. The Morgan fingerprint density at radius 1 is 0.862 bits per heavy atom. The van der Waals surface area contributed by atoms with Gasteiger partial charge in [0.05, 0.1) is 10.6 Å². The smallest absolute Gasteiger partial charge is 0.264 e. The number of hydrogen-bond donors (Lipinski definition) is 1. The topological polar surface area (TPSA) is 66.5 Å². The van der Waals surface area contributed by atoms with Crippen molar-refractivity contribution in [2.75, 3.05) is 16.7 Å². The van der Waals surface area contributed by atoms with Gasteiger partial charge in [-0.2, -0.15) is 0 Å². The maximum atomic E-state index is 12.9. The fourth-order valence-corrected chi connectivity index (χ4v) is 4.10. The summed E-state index contributed by atoms with van der Waals surface area (Å²) in [6.07, 6.45) is 0. The van der Waals surface area contributed by atoms with Crippen molar-refractivity contribution in [3.8, 4) is 0 Å². The lowest BCUT2D eigenvalue weighted by atomic mass is 10.1. The van der Waals surface area contributed by atoms with E-state index < -0.39 is 10.0 Å². The zero-order valence-corrected chi connectivity index (χ0v) is 17.7. The van der Waals surface area contributed by atoms with Crippen molar-refractivity contribution in [2.24, 2.45) is 0 Å². The molecule has 0 bridgehead atoms. The van der Waals surface area contributed by atoms with Gasteiger partial charge in [-0.15, -0.1) is 0 Å². The molecule has 29 heavy (non-hydrogen) atoms. The lowest BCUT2D eigenvalue weighted by Gasteiger charge is -2.20. The second-order valence-electron chi connectivity index (χ2n) is 7.11. The second-order valence-corrected chi connectivity index (χ2v) is 9.08. The van der Waals surface area contributed by atoms with Gasteiger partial charge in [0.15, 0.2) is 0 Å². The SMILES string of the molecule is Cc1ccc(S(=O)(=O)N(C)c2cccc(C(=O)Nc3cc(C)ccc3C)c2)cc1. The molecule has 0 radical (unpaired) electrons. The molecule has 1 N–H and O–H groups in total. The predicted octanol–water partition coefficient (Wildman–Crippen LogP) is 4.69. The maximum absolute atomic E-state index is 12.9. The summed E-state index contributed by atoms with van der Waals surface area (Å²) in [6.45, 7) is 5.78. The zero-order valence-electron chi connectivity index (χ0n) is 16.9. The Balaban J connectivity index is 1.87. The van der Waals surface area contributed by atoms with E-state index in [0.717, 1.165) is 22.4 Å². The molecule has 0 aliphatic carbocycles. The molecule has 0 fully saturated rings. The first kappa shape index (κ1) is 20.6. The number of hydrogen-bond acceptors (Lipinski definition) is 3. The molecule has 0 spiro atoms. The van der Waals surface area contributed by atoms with Gasteiger partial charge in [-0.25, -0.2) is 8.42 Å². The van der Waals surface area contributed by atoms with Gasteiger partial charge < -0.3 is 5.32 Å². The lowest BCUT2D eigenvalue weighted by Crippen LogP contribution is -2.27. The van der Waals surface area contributed by atoms with Gasteiger partial charge in [-0.05, 0) is 68.3 Å². The summed E-state index contributed by atoms with van der Waals surface area (Å²) in [6, 6.07) is 19.1. The molecule has 0 atom stereocenters. The van der Waals surface area contributed by atoms with Crippen LogP contribution in [0.5, 0.6) is 0 Å². The summed E-state index contributed by atoms with van der Waals surface area (Å²) in [5.41, 5.74) is 4.52. The van der Waals surface area contributed by atoms with E-state index in [-0.39, 0.29) is 10.8 Å². The lowest BCUT2D eigenvalue weighted by molar-refractivity contribution is 0.102. The van der Waals surface area contributed by atoms with Crippen LogP contribution in [0.15, 0.2) is 71.6 Å². The van der Waals surface area contributed by atoms with Crippen molar-refractivity contribution in [3.63, 3.8) is 0 Å². The molecule has 150 valence electrons. The highest BCUT2D eigenvalue weighted by Gasteiger charge is 2.22. The van der Waals surface area contributed by atoms with Crippen LogP contribution in [0.3, 0.4) is 0 Å². The van der Waals surface area contributed by atoms with Crippen LogP contribution >= 0.6 is 0 Å². The largest absolute Gasteiger partial charge is 0.322 e. The van der Waals surface area contributed by atoms with E-state index in [0.29, 0.717) is 11.3 Å². The number of rotatable bonds is 5. The predicted molar refractivity (Wildman–Crippen MR) is 117 cm³/mol. The summed E-state index contributed by atoms with van der Waals surface area (Å²) < 4.78 is 27.0. The van der Waals surface area contributed by atoms with Crippen molar-refractivity contribution < 1.29 is 13.2 Å². The highest BCUT2D eigenvalue weighted by molar-refractivity contribution is 7.92. The number of nitrogens with zero attached hydrogens (tertiary/aromatic N) is 1. The molecule has 5 nitrogen and oxygen atoms in total. The van der Waals surface area contributed by atoms with Gasteiger partial charge in [-0.1, -0.05) is 35.9 Å². The van der Waals surface area contributed by atoms with E-state index in [4.69, 9.17) is 0 Å². The molecule has 0 aromatic heterocycles. The normalized spacial score (nSPS) is 11.2. The van der Waals surface area contributed by atoms with Crippen molar-refractivity contribution in [1.29, 1.82) is 0 Å². The number of carbonyl (C=O) groups excluding carboxylic acids is 1. The van der Waals surface area contributed by atoms with Crippen molar-refractivity contribution in [2.45, 2.75) is 25.7 Å². The molecule has 1 amide bonds. The van der Waals surface area contributed by atoms with E-state index in [1.165, 1.54) is 11.4 Å². The standard InChI is InChI=1S/C23H24N2O3S/c1-16-9-12-21(13-10-16)29(27,28)25(4)20-7-5-6-19(15-20)23(26)24-22-14-17(2)8-11-18(22)3/h5-15H,1-4H3,(H,24,26). The third-order valence-electron chi connectivity index (χ3n) is 4.79. The summed E-state index contributed by atoms with van der Waals surface area (Å²) in [4.78, 5) is 12.9. The summed E-state index contributed by atoms with van der Waals surface area (Å²) in [7, 11) is -2.24. The first-order valence-electron chi connectivity index (χ1n) is 9.23. The first-order valence-corrected chi connectivity index (χ1v) is 10.7. The van der Waals surface area contributed by atoms with Crippen molar-refractivity contribution in [3.05, 3.63) is 89.0 Å². The molecule has 6 heteroatoms. The van der Waals surface area contributed by atoms with Crippen LogP contribution in [-0.4, -0.2) is 21.4 Å². The van der Waals surface area contributed by atoms with E-state index in [1.807, 2.05) is 39.0 Å². The van der Waals surface area contributed by atoms with Crippen molar-refractivity contribution >= 4 is 27.3 Å². The molecule has 0 saturated carbocycles. The molecule has 0 heterocycles. The molecule has 3 aromatic rings. The number of carbonyl (C=O) groups is 1. The molecule has 0 unspecified atom stereocenters. The van der Waals surface area contributed by atoms with Gasteiger partial charge >= 0.3 is 0 Å². The third-order valence-corrected chi connectivity index (χ3v) is 6.59. The average molecular weight is 409 g/mol. The van der Waals surface area contributed by atoms with E-state index in [1.54, 1.807) is 48.5 Å². The zero-order chi connectivity index (χ0) is 21.2. The third kappa shape index (κ3) is 4.49. The Bertz CT molecular complexity index is 1150. The minimum absolute atomic E-state index is 0.204. The van der Waals surface area contributed by atoms with Crippen LogP contribution in [0.1, 0.15) is 27.0 Å². The Morgan fingerprint density at radius 2 is 1.52 bits per heavy atom. The molecular formula is C23H24N2O3S. The van der Waals surface area contributed by atoms with Crippen LogP contribution in [0.4, 0.5) is 11.4 Å². The molecule has 3 aromatic carbocycles. The summed E-state index contributed by atoms with van der Waals surface area (Å²) in [5.74, 6) is -0.290. The molecular weight excluding hydrogens is 384 g/mol. The summed E-state index contributed by atoms with van der Waals surface area (Å²) in [5, 5.41) is 2.90. The van der Waals surface area contributed by atoms with Crippen LogP contribution in [0.2, 0.25) is 0 Å². The number of anilines is 2. The van der Waals surface area contributed by atoms with E-state index in [9.17, 15) is 13.2 Å². The Hall–Kier alpha value is -3.12. The fourth-order valence-electron chi connectivity index (χ4n) is 2.92. The van der Waals surface area contributed by atoms with Crippen molar-refractivity contribution in [1.82, 2.24) is 0 Å². The molecule has 0 aliphatic rings. The number of aryl methyl sites for hydroxylation is 3. The second kappa shape index (κ2) is 8.09. The van der Waals surface area contributed by atoms with Crippen LogP contribution in [0.25, 0.3) is 0 Å². The number of amides is 1. The highest BCUT2D eigenvalue weighted by Crippen LogP contribution is 2.24. The number of benzene rings is 3. The minimum Gasteiger partial charge on any atom is -0.322 e. The molecule has 0 saturated heterocycles. The molecule has 3 rings (SSSR count). The highest BCUT2D eigenvalue weighted by atomic mass is 32.2. The van der Waals surface area contributed by atoms with Gasteiger partial charge in [0, 0.05) is 18.3 Å². The Labute approximate surface area is 172 Å². The van der Waals surface area contributed by atoms with Crippen LogP contribution < -0.4 is 9.62 Å². The number of nitrogens with one attached hydrogen (secondary N) is 1. The van der Waals surface area contributed by atoms with Gasteiger partial charge in [-0.3, -0.25) is 9.10 Å². The number of sulfonamides is 1. The average Bonchev–Trinajstić information content (AvgIpc) is 2.70. The fraction of sp³-hybridized carbons (Fsp3) is 0.174. The minimum atomic E-state index is -3.72. The van der Waals surface area contributed by atoms with Gasteiger partial charge in [0.1, 0.15) is 0 Å². The Kier molecular flexibility index (Phi) is 5.75. The quantitative estimate of drug-likeness (QED) is 0.666. The van der Waals surface area contributed by atoms with Crippen LogP contribution in [0, 0.1) is 20.8 Å². The monoisotopic (exact) mass is 408 g/mol. The van der Waals surface area contributed by atoms with E-state index >= 15 is 0 Å².